The van der Waals surface area contributed by atoms with Crippen molar-refractivity contribution < 1.29 is 0 Å². The van der Waals surface area contributed by atoms with Gasteiger partial charge in [0.1, 0.15) is 0 Å². The van der Waals surface area contributed by atoms with E-state index in [9.17, 15) is 0 Å². The summed E-state index contributed by atoms with van der Waals surface area (Å²) in [6, 6.07) is 12.3. The molecule has 78 valence electrons. The third kappa shape index (κ3) is 3.95. The van der Waals surface area contributed by atoms with E-state index in [0.717, 1.165) is 9.36 Å². The average Bonchev–Trinajstić information content (AvgIpc) is 2.07. The number of rotatable bonds is 0. The molecule has 0 unspecified atom stereocenters. The van der Waals surface area contributed by atoms with Gasteiger partial charge in [0.25, 0.3) is 0 Å². The summed E-state index contributed by atoms with van der Waals surface area (Å²) in [4.78, 5) is 0.897. The molecule has 0 aliphatic rings. The molecule has 0 aromatic heterocycles. The molecule has 0 N–H and O–H groups in total. The molecule has 0 atom stereocenters. The van der Waals surface area contributed by atoms with Gasteiger partial charge in [-0.3, -0.25) is 0 Å². The summed E-state index contributed by atoms with van der Waals surface area (Å²) in [5, 5.41) is 2.45. The second-order valence-electron chi connectivity index (χ2n) is 2.65. The van der Waals surface area contributed by atoms with Crippen LogP contribution in [-0.4, -0.2) is 39.9 Å². The molecule has 2 aromatic carbocycles. The van der Waals surface area contributed by atoms with E-state index in [0.29, 0.717) is 0 Å². The van der Waals surface area contributed by atoms with Gasteiger partial charge in [-0.05, 0) is 0 Å². The Kier molecular flexibility index (Phi) is 8.82. The molecule has 0 amide bonds. The van der Waals surface area contributed by atoms with Crippen molar-refractivity contribution >= 4 is 67.8 Å². The first-order valence-corrected chi connectivity index (χ1v) is 4.91. The summed E-state index contributed by atoms with van der Waals surface area (Å²) >= 11 is 8.11. The summed E-state index contributed by atoms with van der Waals surface area (Å²) < 4.78 is 1.06. The van der Waals surface area contributed by atoms with Gasteiger partial charge in [-0.25, -0.2) is 0 Å². The van der Waals surface area contributed by atoms with Crippen LogP contribution in [0.2, 0.25) is 0 Å². The Morgan fingerprint density at radius 3 is 1.93 bits per heavy atom. The molecular formula is C12H14SSeSn. The molecule has 0 aliphatic heterocycles. The van der Waals surface area contributed by atoms with E-state index in [1.165, 1.54) is 10.8 Å². The second-order valence-corrected chi connectivity index (χ2v) is 4.01. The maximum Gasteiger partial charge on any atom is 2.00 e. The van der Waals surface area contributed by atoms with Gasteiger partial charge >= 0.3 is 109 Å². The van der Waals surface area contributed by atoms with E-state index in [1.54, 1.807) is 0 Å². The number of hydrogen-bond donors (Lipinski definition) is 0. The zero-order valence-corrected chi connectivity index (χ0v) is 12.2. The van der Waals surface area contributed by atoms with Gasteiger partial charge < -0.3 is 0 Å². The summed E-state index contributed by atoms with van der Waals surface area (Å²) in [7, 11) is 0. The van der Waals surface area contributed by atoms with E-state index < -0.39 is 0 Å². The summed E-state index contributed by atoms with van der Waals surface area (Å²) in [6.07, 6.45) is 0. The summed E-state index contributed by atoms with van der Waals surface area (Å²) in [5.41, 5.74) is 0. The minimum atomic E-state index is 0. The second kappa shape index (κ2) is 7.50. The van der Waals surface area contributed by atoms with Gasteiger partial charge in [-0.2, -0.15) is 0 Å². The van der Waals surface area contributed by atoms with Gasteiger partial charge in [0, 0.05) is 0 Å². The van der Waals surface area contributed by atoms with Crippen molar-refractivity contribution in [1.29, 1.82) is 0 Å². The first-order chi connectivity index (χ1) is 5.77. The molecule has 2 radical (unpaired) electrons. The molecule has 0 nitrogen and oxygen atoms in total. The van der Waals surface area contributed by atoms with Crippen molar-refractivity contribution in [3.05, 3.63) is 36.4 Å². The molecule has 0 bridgehead atoms. The number of hydrogen-bond acceptors (Lipinski definition) is 1. The van der Waals surface area contributed by atoms with Crippen LogP contribution in [-0.2, 0) is 12.6 Å². The third-order valence-corrected chi connectivity index (χ3v) is 3.15. The van der Waals surface area contributed by atoms with Crippen molar-refractivity contribution in [2.45, 2.75) is 19.7 Å². The minimum Gasteiger partial charge on any atom is 2.00 e. The predicted octanol–water partition coefficient (Wildman–Crippen LogP) is 2.43. The van der Waals surface area contributed by atoms with Crippen LogP contribution in [0.3, 0.4) is 0 Å². The monoisotopic (exact) mass is 390 g/mol. The van der Waals surface area contributed by atoms with Crippen LogP contribution in [0.1, 0.15) is 14.9 Å². The van der Waals surface area contributed by atoms with E-state index in [2.05, 4.69) is 34.2 Å². The van der Waals surface area contributed by atoms with Gasteiger partial charge in [-0.1, -0.05) is 14.9 Å². The molecule has 0 saturated heterocycles. The largest absolute Gasteiger partial charge is 2.00 e. The van der Waals surface area contributed by atoms with Crippen LogP contribution in [0, 0.1) is 0 Å². The van der Waals surface area contributed by atoms with Gasteiger partial charge in [-0.15, -0.1) is 0 Å². The number of fused-ring (bicyclic) bond motifs is 1. The maximum atomic E-state index is 5.15. The summed E-state index contributed by atoms with van der Waals surface area (Å²) in [6.45, 7) is 0. The molecule has 15 heavy (non-hydrogen) atoms. The van der Waals surface area contributed by atoms with E-state index >= 15 is 0 Å². The Hall–Kier alpha value is 0.238. The van der Waals surface area contributed by atoms with E-state index in [-0.39, 0.29) is 38.8 Å². The van der Waals surface area contributed by atoms with Gasteiger partial charge in [0.05, 0.1) is 0 Å². The smallest absolute Gasteiger partial charge is 2.00 e. The number of benzene rings is 2. The van der Waals surface area contributed by atoms with Crippen LogP contribution in [0.15, 0.2) is 41.3 Å². The Morgan fingerprint density at radius 1 is 0.933 bits per heavy atom. The molecule has 0 heterocycles. The first-order valence-electron chi connectivity index (χ1n) is 3.64. The van der Waals surface area contributed by atoms with Crippen molar-refractivity contribution in [3.63, 3.8) is 0 Å². The quantitative estimate of drug-likeness (QED) is 0.494. The Morgan fingerprint density at radius 2 is 1.40 bits per heavy atom. The molecule has 0 fully saturated rings. The van der Waals surface area contributed by atoms with Crippen LogP contribution in [0.25, 0.3) is 10.8 Å². The van der Waals surface area contributed by atoms with Crippen molar-refractivity contribution in [2.24, 2.45) is 0 Å². The SMILES string of the molecule is C.C.[S-]c1cc2ccccc2cc1[Se-].[Sn+2]. The van der Waals surface area contributed by atoms with Crippen molar-refractivity contribution in [2.75, 3.05) is 0 Å². The van der Waals surface area contributed by atoms with Crippen LogP contribution < -0.4 is 4.46 Å². The summed E-state index contributed by atoms with van der Waals surface area (Å²) in [5.74, 6) is 0. The molecule has 3 heteroatoms. The molecule has 2 aromatic rings. The molecule has 0 aliphatic carbocycles. The van der Waals surface area contributed by atoms with Gasteiger partial charge in [0.2, 0.25) is 0 Å². The van der Waals surface area contributed by atoms with E-state index in [1.807, 2.05) is 18.2 Å². The normalized spacial score (nSPS) is 8.27. The molecular weight excluding hydrogens is 374 g/mol. The Balaban J connectivity index is 0. The minimum absolute atomic E-state index is 0. The third-order valence-electron chi connectivity index (χ3n) is 1.81. The van der Waals surface area contributed by atoms with Crippen molar-refractivity contribution in [3.8, 4) is 0 Å². The van der Waals surface area contributed by atoms with Crippen molar-refractivity contribution in [1.82, 2.24) is 0 Å². The van der Waals surface area contributed by atoms with Crippen LogP contribution in [0.5, 0.6) is 0 Å². The standard InChI is InChI=1S/C10H8SSe.2CH4.Sn/c11-9-5-7-3-1-2-4-8(7)6-10(9)12;;;/h1-6,11-12H;2*1H4;/q;;;+2/p-2. The predicted molar refractivity (Wildman–Crippen MR) is 74.2 cm³/mol. The first kappa shape index (κ1) is 17.6. The van der Waals surface area contributed by atoms with E-state index in [4.69, 9.17) is 12.6 Å². The van der Waals surface area contributed by atoms with Crippen LogP contribution >= 0.6 is 0 Å². The molecule has 0 spiro atoms. The molecule has 0 saturated carbocycles. The van der Waals surface area contributed by atoms with Gasteiger partial charge in [0.15, 0.2) is 0 Å². The fourth-order valence-corrected chi connectivity index (χ4v) is 1.77. The maximum absolute atomic E-state index is 5.15. The average molecular weight is 388 g/mol. The zero-order valence-electron chi connectivity index (χ0n) is 6.78. The molecule has 2 rings (SSSR count). The fourth-order valence-electron chi connectivity index (χ4n) is 1.20. The topological polar surface area (TPSA) is 0 Å². The fraction of sp³-hybridized carbons (Fsp3) is 0.167. The Labute approximate surface area is 123 Å². The Bertz CT molecular complexity index is 388. The van der Waals surface area contributed by atoms with Crippen LogP contribution in [0.4, 0.5) is 0 Å². The zero-order chi connectivity index (χ0) is 8.55.